The van der Waals surface area contributed by atoms with Gasteiger partial charge in [-0.2, -0.15) is 5.10 Å². The van der Waals surface area contributed by atoms with Gasteiger partial charge in [-0.1, -0.05) is 20.3 Å². The van der Waals surface area contributed by atoms with Gasteiger partial charge in [0.2, 0.25) is 0 Å². The van der Waals surface area contributed by atoms with Crippen LogP contribution in [-0.4, -0.2) is 27.4 Å². The van der Waals surface area contributed by atoms with E-state index in [1.165, 1.54) is 25.7 Å². The van der Waals surface area contributed by atoms with Gasteiger partial charge in [-0.05, 0) is 44.6 Å². The Kier molecular flexibility index (Phi) is 5.37. The summed E-state index contributed by atoms with van der Waals surface area (Å²) in [6.45, 7) is 8.65. The average Bonchev–Trinajstić information content (AvgIpc) is 2.88. The molecule has 108 valence electrons. The summed E-state index contributed by atoms with van der Waals surface area (Å²) in [5.41, 5.74) is 0. The van der Waals surface area contributed by atoms with E-state index in [-0.39, 0.29) is 0 Å². The standard InChI is InChI=1S/C15H28N4/c1-4-12-7-8-14(16-5-2)13(9-12)10-15-17-11-18-19(15)6-3/h11-14,16H,4-10H2,1-3H3. The lowest BCUT2D eigenvalue weighted by Gasteiger charge is -2.36. The van der Waals surface area contributed by atoms with E-state index in [4.69, 9.17) is 0 Å². The van der Waals surface area contributed by atoms with E-state index in [1.54, 1.807) is 6.33 Å². The maximum atomic E-state index is 4.45. The number of hydrogen-bond acceptors (Lipinski definition) is 3. The van der Waals surface area contributed by atoms with Gasteiger partial charge in [-0.25, -0.2) is 4.98 Å². The largest absolute Gasteiger partial charge is 0.314 e. The minimum Gasteiger partial charge on any atom is -0.314 e. The van der Waals surface area contributed by atoms with E-state index < -0.39 is 0 Å². The number of aromatic nitrogens is 3. The molecule has 0 bridgehead atoms. The molecule has 0 aromatic carbocycles. The van der Waals surface area contributed by atoms with Crippen LogP contribution in [0.1, 0.15) is 52.3 Å². The van der Waals surface area contributed by atoms with Crippen LogP contribution in [0.5, 0.6) is 0 Å². The van der Waals surface area contributed by atoms with Crippen LogP contribution in [0.25, 0.3) is 0 Å². The summed E-state index contributed by atoms with van der Waals surface area (Å²) in [6, 6.07) is 0.662. The Labute approximate surface area is 117 Å². The summed E-state index contributed by atoms with van der Waals surface area (Å²) in [7, 11) is 0. The summed E-state index contributed by atoms with van der Waals surface area (Å²) in [5, 5.41) is 7.97. The van der Waals surface area contributed by atoms with Crippen LogP contribution < -0.4 is 5.32 Å². The van der Waals surface area contributed by atoms with Crippen LogP contribution in [0.15, 0.2) is 6.33 Å². The average molecular weight is 264 g/mol. The van der Waals surface area contributed by atoms with Gasteiger partial charge in [0, 0.05) is 19.0 Å². The number of aryl methyl sites for hydroxylation is 1. The molecule has 3 unspecified atom stereocenters. The first kappa shape index (κ1) is 14.5. The van der Waals surface area contributed by atoms with Crippen molar-refractivity contribution in [1.29, 1.82) is 0 Å². The second kappa shape index (κ2) is 7.04. The number of rotatable bonds is 6. The highest BCUT2D eigenvalue weighted by atomic mass is 15.3. The van der Waals surface area contributed by atoms with Crippen molar-refractivity contribution < 1.29 is 0 Å². The van der Waals surface area contributed by atoms with Crippen molar-refractivity contribution in [3.8, 4) is 0 Å². The third-order valence-electron chi connectivity index (χ3n) is 4.57. The van der Waals surface area contributed by atoms with Gasteiger partial charge in [-0.3, -0.25) is 4.68 Å². The second-order valence-electron chi connectivity index (χ2n) is 5.71. The fourth-order valence-electron chi connectivity index (χ4n) is 3.43. The summed E-state index contributed by atoms with van der Waals surface area (Å²) < 4.78 is 2.04. The third kappa shape index (κ3) is 3.56. The highest BCUT2D eigenvalue weighted by Gasteiger charge is 2.30. The van der Waals surface area contributed by atoms with Crippen molar-refractivity contribution in [3.05, 3.63) is 12.2 Å². The first-order valence-electron chi connectivity index (χ1n) is 7.88. The normalized spacial score (nSPS) is 27.6. The van der Waals surface area contributed by atoms with Crippen LogP contribution in [0.4, 0.5) is 0 Å². The van der Waals surface area contributed by atoms with Gasteiger partial charge < -0.3 is 5.32 Å². The molecule has 4 heteroatoms. The van der Waals surface area contributed by atoms with E-state index in [0.717, 1.165) is 31.3 Å². The monoisotopic (exact) mass is 264 g/mol. The van der Waals surface area contributed by atoms with Gasteiger partial charge in [0.1, 0.15) is 12.2 Å². The fraction of sp³-hybridized carbons (Fsp3) is 0.867. The third-order valence-corrected chi connectivity index (χ3v) is 4.57. The second-order valence-corrected chi connectivity index (χ2v) is 5.71. The van der Waals surface area contributed by atoms with Gasteiger partial charge in [0.25, 0.3) is 0 Å². The first-order chi connectivity index (χ1) is 9.28. The molecule has 0 saturated heterocycles. The maximum absolute atomic E-state index is 4.45. The molecule has 1 N–H and O–H groups in total. The zero-order valence-electron chi connectivity index (χ0n) is 12.6. The van der Waals surface area contributed by atoms with Crippen molar-refractivity contribution in [1.82, 2.24) is 20.1 Å². The van der Waals surface area contributed by atoms with Crippen LogP contribution in [0.3, 0.4) is 0 Å². The lowest BCUT2D eigenvalue weighted by Crippen LogP contribution is -2.41. The summed E-state index contributed by atoms with van der Waals surface area (Å²) in [6.07, 6.45) is 8.12. The van der Waals surface area contributed by atoms with Gasteiger partial charge >= 0.3 is 0 Å². The summed E-state index contributed by atoms with van der Waals surface area (Å²) in [5.74, 6) is 2.78. The Hall–Kier alpha value is -0.900. The molecule has 4 nitrogen and oxygen atoms in total. The van der Waals surface area contributed by atoms with Crippen LogP contribution in [-0.2, 0) is 13.0 Å². The van der Waals surface area contributed by atoms with Gasteiger partial charge in [-0.15, -0.1) is 0 Å². The molecule has 1 aromatic heterocycles. The topological polar surface area (TPSA) is 42.7 Å². The van der Waals surface area contributed by atoms with E-state index >= 15 is 0 Å². The smallest absolute Gasteiger partial charge is 0.138 e. The molecule has 2 rings (SSSR count). The molecule has 0 radical (unpaired) electrons. The minimum absolute atomic E-state index is 0.662. The Bertz CT molecular complexity index is 374. The molecule has 1 aliphatic carbocycles. The molecular formula is C15H28N4. The van der Waals surface area contributed by atoms with Gasteiger partial charge in [0.05, 0.1) is 0 Å². The van der Waals surface area contributed by atoms with E-state index in [0.29, 0.717) is 12.0 Å². The predicted octanol–water partition coefficient (Wildman–Crippen LogP) is 2.64. The fourth-order valence-corrected chi connectivity index (χ4v) is 3.43. The molecule has 1 fully saturated rings. The zero-order valence-corrected chi connectivity index (χ0v) is 12.6. The summed E-state index contributed by atoms with van der Waals surface area (Å²) >= 11 is 0. The maximum Gasteiger partial charge on any atom is 0.138 e. The summed E-state index contributed by atoms with van der Waals surface area (Å²) in [4.78, 5) is 4.45. The molecule has 0 amide bonds. The van der Waals surface area contributed by atoms with Crippen LogP contribution in [0, 0.1) is 11.8 Å². The highest BCUT2D eigenvalue weighted by molar-refractivity contribution is 4.94. The van der Waals surface area contributed by atoms with E-state index in [1.807, 2.05) is 4.68 Å². The molecule has 0 spiro atoms. The molecule has 19 heavy (non-hydrogen) atoms. The lowest BCUT2D eigenvalue weighted by molar-refractivity contribution is 0.196. The Morgan fingerprint density at radius 2 is 2.16 bits per heavy atom. The Morgan fingerprint density at radius 1 is 1.32 bits per heavy atom. The Balaban J connectivity index is 2.04. The van der Waals surface area contributed by atoms with Crippen molar-refractivity contribution in [3.63, 3.8) is 0 Å². The molecular weight excluding hydrogens is 236 g/mol. The van der Waals surface area contributed by atoms with Crippen LogP contribution in [0.2, 0.25) is 0 Å². The molecule has 0 aliphatic heterocycles. The SMILES string of the molecule is CCNC1CCC(CC)CC1Cc1ncnn1CC. The first-order valence-corrected chi connectivity index (χ1v) is 7.88. The molecule has 1 heterocycles. The van der Waals surface area contributed by atoms with Crippen molar-refractivity contribution >= 4 is 0 Å². The highest BCUT2D eigenvalue weighted by Crippen LogP contribution is 2.33. The zero-order chi connectivity index (χ0) is 13.7. The molecule has 3 atom stereocenters. The van der Waals surface area contributed by atoms with Crippen LogP contribution >= 0.6 is 0 Å². The van der Waals surface area contributed by atoms with E-state index in [2.05, 4.69) is 36.2 Å². The molecule has 1 aliphatic rings. The lowest BCUT2D eigenvalue weighted by atomic mass is 9.75. The quantitative estimate of drug-likeness (QED) is 0.859. The molecule has 1 aromatic rings. The van der Waals surface area contributed by atoms with E-state index in [9.17, 15) is 0 Å². The van der Waals surface area contributed by atoms with Crippen molar-refractivity contribution in [2.24, 2.45) is 11.8 Å². The number of nitrogens with zero attached hydrogens (tertiary/aromatic N) is 3. The van der Waals surface area contributed by atoms with Gasteiger partial charge in [0.15, 0.2) is 0 Å². The van der Waals surface area contributed by atoms with Crippen molar-refractivity contribution in [2.75, 3.05) is 6.54 Å². The molecule has 1 saturated carbocycles. The number of nitrogens with one attached hydrogen (secondary N) is 1. The minimum atomic E-state index is 0.662. The Morgan fingerprint density at radius 3 is 2.84 bits per heavy atom. The number of hydrogen-bond donors (Lipinski definition) is 1. The predicted molar refractivity (Wildman–Crippen MR) is 78.0 cm³/mol. The van der Waals surface area contributed by atoms with Crippen molar-refractivity contribution in [2.45, 2.75) is 65.5 Å².